The molecule has 2 aromatic rings. The molecule has 4 rings (SSSR count). The van der Waals surface area contributed by atoms with Crippen molar-refractivity contribution in [2.24, 2.45) is 11.8 Å². The Balaban J connectivity index is 0.00000282. The summed E-state index contributed by atoms with van der Waals surface area (Å²) >= 11 is 7.12. The van der Waals surface area contributed by atoms with Crippen molar-refractivity contribution in [2.45, 2.75) is 58.3 Å². The molecule has 2 saturated heterocycles. The van der Waals surface area contributed by atoms with Crippen LogP contribution < -0.4 is 0 Å². The number of amides is 2. The monoisotopic (exact) mass is 762 g/mol. The number of carbonyl (C=O) groups excluding carboxylic acids is 3. The predicted octanol–water partition coefficient (Wildman–Crippen LogP) is 6.62. The van der Waals surface area contributed by atoms with Crippen LogP contribution in [0.2, 0.25) is 0 Å². The second-order valence-electron chi connectivity index (χ2n) is 11.1. The molecule has 2 amide bonds. The van der Waals surface area contributed by atoms with Crippen LogP contribution >= 0.6 is 31.9 Å². The van der Waals surface area contributed by atoms with E-state index < -0.39 is 0 Å². The Morgan fingerprint density at radius 1 is 1.02 bits per heavy atom. The van der Waals surface area contributed by atoms with Crippen molar-refractivity contribution in [1.82, 2.24) is 19.9 Å². The first-order valence-corrected chi connectivity index (χ1v) is 17.3. The Labute approximate surface area is 288 Å². The number of nitrogens with zero attached hydrogens (tertiary/aromatic N) is 4. The summed E-state index contributed by atoms with van der Waals surface area (Å²) in [5.74, 6) is 0.619. The number of hydrogen-bond donors (Lipinski definition) is 0. The fourth-order valence-electron chi connectivity index (χ4n) is 5.55. The van der Waals surface area contributed by atoms with Crippen molar-refractivity contribution in [1.29, 1.82) is 0 Å². The molecule has 0 bridgehead atoms. The van der Waals surface area contributed by atoms with Gasteiger partial charge >= 0.3 is 17.8 Å². The molecule has 2 aliphatic rings. The topological polar surface area (TPSA) is 115 Å². The smallest absolute Gasteiger partial charge is 0.316 e. The lowest BCUT2D eigenvalue weighted by Crippen LogP contribution is -2.42. The van der Waals surface area contributed by atoms with Gasteiger partial charge in [-0.2, -0.15) is 4.98 Å². The van der Waals surface area contributed by atoms with Gasteiger partial charge in [-0.15, -0.1) is 13.2 Å². The van der Waals surface area contributed by atoms with Gasteiger partial charge in [-0.05, 0) is 72.4 Å². The minimum absolute atomic E-state index is 0.00523. The fraction of sp³-hybridized carbons (Fsp3) is 0.500. The first-order valence-electron chi connectivity index (χ1n) is 15.7. The number of aromatic nitrogens is 2. The highest BCUT2D eigenvalue weighted by Crippen LogP contribution is 2.29. The van der Waals surface area contributed by atoms with Gasteiger partial charge in [0.25, 0.3) is 5.91 Å². The van der Waals surface area contributed by atoms with Gasteiger partial charge in [-0.1, -0.05) is 64.4 Å². The van der Waals surface area contributed by atoms with Gasteiger partial charge in [0.1, 0.15) is 5.76 Å². The van der Waals surface area contributed by atoms with Crippen LogP contribution in [0.5, 0.6) is 0 Å². The van der Waals surface area contributed by atoms with Gasteiger partial charge in [-0.3, -0.25) is 14.4 Å². The van der Waals surface area contributed by atoms with Crippen molar-refractivity contribution in [3.8, 4) is 0 Å². The molecule has 12 heteroatoms. The van der Waals surface area contributed by atoms with E-state index in [-0.39, 0.29) is 36.2 Å². The third kappa shape index (κ3) is 10.9. The molecular formula is C34H44Br2N4O6. The van der Waals surface area contributed by atoms with Crippen molar-refractivity contribution >= 4 is 49.6 Å². The molecule has 1 aromatic heterocycles. The minimum atomic E-state index is -0.237. The molecule has 2 aliphatic heterocycles. The van der Waals surface area contributed by atoms with Crippen LogP contribution in [0.1, 0.15) is 67.5 Å². The quantitative estimate of drug-likeness (QED) is 0.109. The molecule has 10 nitrogen and oxygen atoms in total. The second-order valence-corrected chi connectivity index (χ2v) is 12.9. The molecule has 0 N–H and O–H groups in total. The van der Waals surface area contributed by atoms with E-state index in [9.17, 15) is 14.4 Å². The van der Waals surface area contributed by atoms with E-state index in [1.54, 1.807) is 4.90 Å². The van der Waals surface area contributed by atoms with E-state index in [0.717, 1.165) is 30.2 Å². The van der Waals surface area contributed by atoms with E-state index in [2.05, 4.69) is 79.4 Å². The van der Waals surface area contributed by atoms with Crippen molar-refractivity contribution in [3.63, 3.8) is 0 Å². The highest BCUT2D eigenvalue weighted by Gasteiger charge is 2.29. The summed E-state index contributed by atoms with van der Waals surface area (Å²) in [6.45, 7) is 10.1. The van der Waals surface area contributed by atoms with Gasteiger partial charge in [0.15, 0.2) is 12.4 Å². The fourth-order valence-corrected chi connectivity index (χ4v) is 6.66. The number of esters is 1. The van der Waals surface area contributed by atoms with Gasteiger partial charge in [0, 0.05) is 37.1 Å². The van der Waals surface area contributed by atoms with Crippen LogP contribution in [0.25, 0.3) is 0 Å². The number of rotatable bonds is 11. The van der Waals surface area contributed by atoms with Gasteiger partial charge < -0.3 is 23.8 Å². The average Bonchev–Trinajstić information content (AvgIpc) is 3.46. The molecule has 0 aliphatic carbocycles. The van der Waals surface area contributed by atoms with Crippen LogP contribution in [0.4, 0.5) is 0 Å². The molecule has 0 radical (unpaired) electrons. The molecule has 250 valence electrons. The third-order valence-electron chi connectivity index (χ3n) is 8.11. The lowest BCUT2D eigenvalue weighted by atomic mass is 9.93. The number of likely N-dealkylation sites (tertiary alicyclic amines) is 2. The molecule has 1 atom stereocenters. The highest BCUT2D eigenvalue weighted by molar-refractivity contribution is 9.12. The Bertz CT molecular complexity index is 1350. The van der Waals surface area contributed by atoms with Gasteiger partial charge in [0.2, 0.25) is 0 Å². The molecular weight excluding hydrogens is 720 g/mol. The Morgan fingerprint density at radius 3 is 2.39 bits per heavy atom. The van der Waals surface area contributed by atoms with E-state index in [4.69, 9.17) is 14.0 Å². The SMILES string of the molecule is C=C.CC/C(Br)=C(OCC(=O)N1CCC(C(=O)OC)CC1)\C(Br)=C/Cc1noc(C(=O)N2CCCC(Cc3ccccc3)CC2)n1. The molecule has 0 saturated carbocycles. The minimum Gasteiger partial charge on any atom is -0.482 e. The van der Waals surface area contributed by atoms with E-state index in [1.807, 2.05) is 24.0 Å². The number of ether oxygens (including phenoxy) is 2. The van der Waals surface area contributed by atoms with Crippen molar-refractivity contribution < 1.29 is 28.4 Å². The summed E-state index contributed by atoms with van der Waals surface area (Å²) in [6, 6.07) is 10.5. The zero-order valence-corrected chi connectivity index (χ0v) is 29.9. The zero-order valence-electron chi connectivity index (χ0n) is 26.7. The molecule has 3 heterocycles. The first kappa shape index (κ1) is 37.2. The average molecular weight is 765 g/mol. The lowest BCUT2D eigenvalue weighted by Gasteiger charge is -2.30. The van der Waals surface area contributed by atoms with Crippen LogP contribution in [0.3, 0.4) is 0 Å². The maximum Gasteiger partial charge on any atom is 0.316 e. The number of halogens is 2. The normalized spacial score (nSPS) is 18.1. The Kier molecular flexibility index (Phi) is 15.7. The second kappa shape index (κ2) is 19.4. The highest BCUT2D eigenvalue weighted by atomic mass is 79.9. The maximum atomic E-state index is 13.2. The summed E-state index contributed by atoms with van der Waals surface area (Å²) in [7, 11) is 1.38. The van der Waals surface area contributed by atoms with E-state index >= 15 is 0 Å². The lowest BCUT2D eigenvalue weighted by molar-refractivity contribution is -0.149. The molecule has 46 heavy (non-hydrogen) atoms. The Hall–Kier alpha value is -3.25. The molecule has 0 spiro atoms. The molecule has 1 unspecified atom stereocenters. The zero-order chi connectivity index (χ0) is 33.5. The summed E-state index contributed by atoms with van der Waals surface area (Å²) in [4.78, 5) is 45.7. The first-order chi connectivity index (χ1) is 22.3. The van der Waals surface area contributed by atoms with Crippen LogP contribution in [0.15, 0.2) is 68.8 Å². The number of benzene rings is 1. The van der Waals surface area contributed by atoms with Crippen LogP contribution in [-0.4, -0.2) is 77.6 Å². The van der Waals surface area contributed by atoms with E-state index in [0.29, 0.717) is 73.8 Å². The number of allylic oxidation sites excluding steroid dienone is 3. The van der Waals surface area contributed by atoms with Gasteiger partial charge in [0.05, 0.1) is 17.5 Å². The van der Waals surface area contributed by atoms with Crippen molar-refractivity contribution in [3.05, 3.63) is 81.6 Å². The predicted molar refractivity (Wildman–Crippen MR) is 183 cm³/mol. The van der Waals surface area contributed by atoms with Crippen molar-refractivity contribution in [2.75, 3.05) is 39.9 Å². The number of piperidine rings is 1. The summed E-state index contributed by atoms with van der Waals surface area (Å²) in [6.07, 6.45) is 7.89. The van der Waals surface area contributed by atoms with Crippen LogP contribution in [0, 0.1) is 11.8 Å². The third-order valence-corrected chi connectivity index (χ3v) is 9.72. The number of carbonyl (C=O) groups is 3. The maximum absolute atomic E-state index is 13.2. The number of methoxy groups -OCH3 is 1. The number of hydrogen-bond acceptors (Lipinski definition) is 8. The standard InChI is InChI=1S/C32H40Br2N4O6.C2H4/c1-3-25(33)29(43-21-28(39)37-18-14-24(15-19-37)32(41)42-2)26(34)11-12-27-35-30(44-36-27)31(40)38-16-7-10-23(13-17-38)20-22-8-5-4-6-9-22;1-2/h4-6,8-9,11,23-24H,3,7,10,12-21H2,1-2H3;1-2H2/b26-11+,29-25-;. The van der Waals surface area contributed by atoms with Gasteiger partial charge in [-0.25, -0.2) is 0 Å². The largest absolute Gasteiger partial charge is 0.482 e. The summed E-state index contributed by atoms with van der Waals surface area (Å²) < 4.78 is 17.5. The Morgan fingerprint density at radius 2 is 1.72 bits per heavy atom. The summed E-state index contributed by atoms with van der Waals surface area (Å²) in [5, 5.41) is 4.02. The van der Waals surface area contributed by atoms with E-state index in [1.165, 1.54) is 12.7 Å². The molecule has 2 fully saturated rings. The summed E-state index contributed by atoms with van der Waals surface area (Å²) in [5.41, 5.74) is 1.33. The van der Waals surface area contributed by atoms with Crippen LogP contribution in [-0.2, 0) is 31.9 Å². The molecule has 1 aromatic carbocycles.